The fraction of sp³-hybridized carbons (Fsp3) is 0.273. The number of rotatable bonds is 3. The van der Waals surface area contributed by atoms with Crippen LogP contribution in [0, 0.1) is 6.92 Å². The van der Waals surface area contributed by atoms with Gasteiger partial charge in [0.15, 0.2) is 5.58 Å². The number of aldehydes is 1. The predicted molar refractivity (Wildman–Crippen MR) is 55.1 cm³/mol. The van der Waals surface area contributed by atoms with Crippen LogP contribution in [-0.4, -0.2) is 18.6 Å². The van der Waals surface area contributed by atoms with Crippen molar-refractivity contribution in [3.05, 3.63) is 23.4 Å². The van der Waals surface area contributed by atoms with Gasteiger partial charge in [-0.3, -0.25) is 0 Å². The summed E-state index contributed by atoms with van der Waals surface area (Å²) in [5.74, 6) is 0.658. The molecule has 0 aliphatic heterocycles. The number of fused-ring (bicyclic) bond motifs is 1. The molecule has 15 heavy (non-hydrogen) atoms. The first-order valence-electron chi connectivity index (χ1n) is 4.63. The monoisotopic (exact) mass is 205 g/mol. The van der Waals surface area contributed by atoms with E-state index in [0.29, 0.717) is 11.3 Å². The highest BCUT2D eigenvalue weighted by molar-refractivity contribution is 5.86. The Balaban J connectivity index is 2.72. The van der Waals surface area contributed by atoms with E-state index < -0.39 is 0 Å². The van der Waals surface area contributed by atoms with Gasteiger partial charge in [0.2, 0.25) is 0 Å². The number of carbonyl (C=O) groups is 1. The van der Waals surface area contributed by atoms with Crippen molar-refractivity contribution < 1.29 is 14.1 Å². The number of hydrogen-bond acceptors (Lipinski definition) is 4. The lowest BCUT2D eigenvalue weighted by Gasteiger charge is -2.05. The third-order valence-electron chi connectivity index (χ3n) is 2.39. The first-order valence-corrected chi connectivity index (χ1v) is 4.63. The van der Waals surface area contributed by atoms with Gasteiger partial charge in [0, 0.05) is 17.4 Å². The molecule has 0 amide bonds. The molecule has 4 nitrogen and oxygen atoms in total. The van der Waals surface area contributed by atoms with Crippen LogP contribution in [-0.2, 0) is 11.2 Å². The lowest BCUT2D eigenvalue weighted by atomic mass is 10.1. The molecule has 4 heteroatoms. The number of aromatic nitrogens is 1. The zero-order chi connectivity index (χ0) is 10.8. The third-order valence-corrected chi connectivity index (χ3v) is 2.39. The summed E-state index contributed by atoms with van der Waals surface area (Å²) in [5, 5.41) is 4.79. The lowest BCUT2D eigenvalue weighted by molar-refractivity contribution is -0.107. The first-order chi connectivity index (χ1) is 7.27. The largest absolute Gasteiger partial charge is 0.496 e. The van der Waals surface area contributed by atoms with Gasteiger partial charge in [-0.1, -0.05) is 5.16 Å². The van der Waals surface area contributed by atoms with Gasteiger partial charge in [-0.05, 0) is 19.1 Å². The van der Waals surface area contributed by atoms with E-state index >= 15 is 0 Å². The molecule has 2 aromatic rings. The predicted octanol–water partition coefficient (Wildman–Crippen LogP) is 1.89. The van der Waals surface area contributed by atoms with Crippen molar-refractivity contribution in [2.75, 3.05) is 7.11 Å². The molecule has 78 valence electrons. The third kappa shape index (κ3) is 1.48. The second kappa shape index (κ2) is 3.73. The molecule has 1 aromatic heterocycles. The maximum Gasteiger partial charge on any atom is 0.174 e. The molecule has 0 radical (unpaired) electrons. The molecular formula is C11H11NO3. The number of hydrogen-bond donors (Lipinski definition) is 0. The Morgan fingerprint density at radius 2 is 2.33 bits per heavy atom. The number of carbonyl (C=O) groups excluding carboxylic acids is 1. The molecule has 0 aliphatic carbocycles. The highest BCUT2D eigenvalue weighted by Gasteiger charge is 2.13. The van der Waals surface area contributed by atoms with E-state index in [1.54, 1.807) is 7.11 Å². The fourth-order valence-corrected chi connectivity index (χ4v) is 1.63. The van der Waals surface area contributed by atoms with E-state index in [1.165, 1.54) is 0 Å². The van der Waals surface area contributed by atoms with Gasteiger partial charge in [0.05, 0.1) is 12.8 Å². The summed E-state index contributed by atoms with van der Waals surface area (Å²) in [6.45, 7) is 1.86. The van der Waals surface area contributed by atoms with E-state index in [0.717, 1.165) is 22.9 Å². The van der Waals surface area contributed by atoms with E-state index in [1.807, 2.05) is 19.1 Å². The average Bonchev–Trinajstić information content (AvgIpc) is 2.62. The second-order valence-corrected chi connectivity index (χ2v) is 3.26. The van der Waals surface area contributed by atoms with Crippen molar-refractivity contribution in [1.29, 1.82) is 0 Å². The Morgan fingerprint density at radius 3 is 3.00 bits per heavy atom. The Bertz CT molecular complexity index is 502. The van der Waals surface area contributed by atoms with Gasteiger partial charge in [0.25, 0.3) is 0 Å². The van der Waals surface area contributed by atoms with Gasteiger partial charge >= 0.3 is 0 Å². The molecule has 0 saturated carbocycles. The molecule has 1 heterocycles. The smallest absolute Gasteiger partial charge is 0.174 e. The Labute approximate surface area is 86.8 Å². The zero-order valence-corrected chi connectivity index (χ0v) is 8.61. The molecule has 1 aromatic carbocycles. The van der Waals surface area contributed by atoms with E-state index in [2.05, 4.69) is 5.16 Å². The number of nitrogens with zero attached hydrogens (tertiary/aromatic N) is 1. The minimum Gasteiger partial charge on any atom is -0.496 e. The van der Waals surface area contributed by atoms with E-state index in [9.17, 15) is 4.79 Å². The molecule has 0 saturated heterocycles. The zero-order valence-electron chi connectivity index (χ0n) is 8.61. The molecule has 0 aliphatic rings. The maximum absolute atomic E-state index is 10.6. The number of methoxy groups -OCH3 is 1. The summed E-state index contributed by atoms with van der Waals surface area (Å²) in [6.07, 6.45) is 1.10. The van der Waals surface area contributed by atoms with E-state index in [4.69, 9.17) is 9.26 Å². The van der Waals surface area contributed by atoms with Gasteiger partial charge in [0.1, 0.15) is 12.0 Å². The van der Waals surface area contributed by atoms with E-state index in [-0.39, 0.29) is 6.42 Å². The Morgan fingerprint density at radius 1 is 1.53 bits per heavy atom. The van der Waals surface area contributed by atoms with Crippen molar-refractivity contribution in [3.63, 3.8) is 0 Å². The molecule has 0 bridgehead atoms. The molecule has 0 N–H and O–H groups in total. The van der Waals surface area contributed by atoms with Crippen LogP contribution in [0.15, 0.2) is 16.7 Å². The molecule has 0 atom stereocenters. The maximum atomic E-state index is 10.6. The first kappa shape index (κ1) is 9.71. The van der Waals surface area contributed by atoms with Crippen molar-refractivity contribution in [3.8, 4) is 5.75 Å². The molecule has 0 unspecified atom stereocenters. The van der Waals surface area contributed by atoms with Crippen LogP contribution in [0.1, 0.15) is 11.3 Å². The highest BCUT2D eigenvalue weighted by Crippen LogP contribution is 2.29. The minimum absolute atomic E-state index is 0.273. The summed E-state index contributed by atoms with van der Waals surface area (Å²) in [6, 6.07) is 3.71. The molecular weight excluding hydrogens is 194 g/mol. The molecule has 0 fully saturated rings. The Hall–Kier alpha value is -1.84. The summed E-state index contributed by atoms with van der Waals surface area (Å²) < 4.78 is 10.4. The van der Waals surface area contributed by atoms with Gasteiger partial charge in [-0.15, -0.1) is 0 Å². The van der Waals surface area contributed by atoms with Crippen LogP contribution in [0.2, 0.25) is 0 Å². The standard InChI is InChI=1S/C11H11NO3/c1-7-8-3-4-10(14-2)9(5-6-13)11(8)15-12-7/h3-4,6H,5H2,1-2H3. The molecule has 2 rings (SSSR count). The van der Waals surface area contributed by atoms with Gasteiger partial charge < -0.3 is 14.1 Å². The summed E-state index contributed by atoms with van der Waals surface area (Å²) in [4.78, 5) is 10.6. The van der Waals surface area contributed by atoms with Gasteiger partial charge in [-0.2, -0.15) is 0 Å². The van der Waals surface area contributed by atoms with Crippen molar-refractivity contribution in [2.24, 2.45) is 0 Å². The van der Waals surface area contributed by atoms with Crippen LogP contribution in [0.5, 0.6) is 5.75 Å². The van der Waals surface area contributed by atoms with Crippen molar-refractivity contribution >= 4 is 17.3 Å². The summed E-state index contributed by atoms with van der Waals surface area (Å²) in [5.41, 5.74) is 2.21. The SMILES string of the molecule is COc1ccc2c(C)noc2c1CC=O. The second-order valence-electron chi connectivity index (χ2n) is 3.26. The van der Waals surface area contributed by atoms with Crippen LogP contribution in [0.3, 0.4) is 0 Å². The fourth-order valence-electron chi connectivity index (χ4n) is 1.63. The van der Waals surface area contributed by atoms with Gasteiger partial charge in [-0.25, -0.2) is 0 Å². The average molecular weight is 205 g/mol. The summed E-state index contributed by atoms with van der Waals surface area (Å²) in [7, 11) is 1.57. The number of ether oxygens (including phenoxy) is 1. The minimum atomic E-state index is 0.273. The highest BCUT2D eigenvalue weighted by atomic mass is 16.5. The normalized spacial score (nSPS) is 10.5. The van der Waals surface area contributed by atoms with Crippen LogP contribution in [0.25, 0.3) is 11.0 Å². The van der Waals surface area contributed by atoms with Crippen molar-refractivity contribution in [1.82, 2.24) is 5.16 Å². The lowest BCUT2D eigenvalue weighted by Crippen LogP contribution is -1.93. The molecule has 0 spiro atoms. The van der Waals surface area contributed by atoms with Crippen molar-refractivity contribution in [2.45, 2.75) is 13.3 Å². The van der Waals surface area contributed by atoms with Crippen LogP contribution in [0.4, 0.5) is 0 Å². The quantitative estimate of drug-likeness (QED) is 0.718. The number of benzene rings is 1. The van der Waals surface area contributed by atoms with Crippen LogP contribution < -0.4 is 4.74 Å². The van der Waals surface area contributed by atoms with Crippen LogP contribution >= 0.6 is 0 Å². The Kier molecular flexibility index (Phi) is 2.41. The number of aryl methyl sites for hydroxylation is 1. The summed E-state index contributed by atoms with van der Waals surface area (Å²) >= 11 is 0. The topological polar surface area (TPSA) is 52.3 Å².